The lowest BCUT2D eigenvalue weighted by Gasteiger charge is -2.39. The number of rotatable bonds is 2. The number of piperidine rings is 1. The van der Waals surface area contributed by atoms with Crippen LogP contribution in [0.15, 0.2) is 30.3 Å². The lowest BCUT2D eigenvalue weighted by molar-refractivity contribution is -0.121. The third kappa shape index (κ3) is 2.41. The second kappa shape index (κ2) is 5.11. The first-order chi connectivity index (χ1) is 8.83. The van der Waals surface area contributed by atoms with E-state index in [1.54, 1.807) is 0 Å². The first kappa shape index (κ1) is 11.7. The molecule has 0 aliphatic carbocycles. The van der Waals surface area contributed by atoms with Gasteiger partial charge in [0.25, 0.3) is 0 Å². The number of carbonyl (C=O) groups is 1. The molecule has 2 aliphatic heterocycles. The van der Waals surface area contributed by atoms with Crippen molar-refractivity contribution in [3.63, 3.8) is 0 Å². The van der Waals surface area contributed by atoms with Crippen molar-refractivity contribution in [1.82, 2.24) is 10.2 Å². The summed E-state index contributed by atoms with van der Waals surface area (Å²) in [5, 5.41) is 3.05. The molecule has 0 unspecified atom stereocenters. The largest absolute Gasteiger partial charge is 0.354 e. The van der Waals surface area contributed by atoms with Gasteiger partial charge >= 0.3 is 0 Å². The van der Waals surface area contributed by atoms with Crippen molar-refractivity contribution < 1.29 is 4.79 Å². The number of amides is 1. The van der Waals surface area contributed by atoms with Crippen molar-refractivity contribution in [3.8, 4) is 0 Å². The summed E-state index contributed by atoms with van der Waals surface area (Å²) in [7, 11) is 0. The Kier molecular flexibility index (Phi) is 3.33. The maximum Gasteiger partial charge on any atom is 0.221 e. The van der Waals surface area contributed by atoms with E-state index >= 15 is 0 Å². The Hall–Kier alpha value is -1.35. The zero-order valence-corrected chi connectivity index (χ0v) is 10.6. The molecule has 2 fully saturated rings. The molecule has 3 rings (SSSR count). The van der Waals surface area contributed by atoms with Gasteiger partial charge in [0, 0.05) is 31.6 Å². The minimum atomic E-state index is 0.225. The van der Waals surface area contributed by atoms with Crippen molar-refractivity contribution in [2.45, 2.75) is 44.3 Å². The van der Waals surface area contributed by atoms with Gasteiger partial charge < -0.3 is 5.32 Å². The number of fused-ring (bicyclic) bond motifs is 2. The predicted octanol–water partition coefficient (Wildman–Crippen LogP) is 1.93. The smallest absolute Gasteiger partial charge is 0.221 e. The highest BCUT2D eigenvalue weighted by Gasteiger charge is 2.34. The summed E-state index contributed by atoms with van der Waals surface area (Å²) in [6, 6.07) is 11.5. The minimum absolute atomic E-state index is 0.225. The van der Waals surface area contributed by atoms with Crippen LogP contribution in [0.1, 0.15) is 31.2 Å². The van der Waals surface area contributed by atoms with Crippen LogP contribution < -0.4 is 5.32 Å². The highest BCUT2D eigenvalue weighted by molar-refractivity contribution is 5.77. The summed E-state index contributed by atoms with van der Waals surface area (Å²) in [5.41, 5.74) is 1.35. The lowest BCUT2D eigenvalue weighted by atomic mass is 9.94. The van der Waals surface area contributed by atoms with E-state index < -0.39 is 0 Å². The summed E-state index contributed by atoms with van der Waals surface area (Å²) in [6.45, 7) is 1.80. The van der Waals surface area contributed by atoms with E-state index in [-0.39, 0.29) is 5.91 Å². The van der Waals surface area contributed by atoms with Gasteiger partial charge in [-0.15, -0.1) is 0 Å². The van der Waals surface area contributed by atoms with Crippen LogP contribution in [-0.4, -0.2) is 29.4 Å². The van der Waals surface area contributed by atoms with Gasteiger partial charge in [0.2, 0.25) is 5.91 Å². The van der Waals surface area contributed by atoms with Crippen LogP contribution in [0.2, 0.25) is 0 Å². The molecule has 2 heterocycles. The summed E-state index contributed by atoms with van der Waals surface area (Å²) >= 11 is 0. The number of nitrogens with one attached hydrogen (secondary N) is 1. The van der Waals surface area contributed by atoms with Gasteiger partial charge in [0.05, 0.1) is 0 Å². The fourth-order valence-electron chi connectivity index (χ4n) is 3.23. The maximum atomic E-state index is 11.7. The lowest BCUT2D eigenvalue weighted by Crippen LogP contribution is -2.47. The second-order valence-electron chi connectivity index (χ2n) is 5.40. The van der Waals surface area contributed by atoms with E-state index in [9.17, 15) is 4.79 Å². The number of hydrogen-bond acceptors (Lipinski definition) is 2. The molecular weight excluding hydrogens is 224 g/mol. The molecule has 3 heteroatoms. The summed E-state index contributed by atoms with van der Waals surface area (Å²) in [5.74, 6) is 0.225. The van der Waals surface area contributed by atoms with Crippen LogP contribution in [0.25, 0.3) is 0 Å². The van der Waals surface area contributed by atoms with E-state index in [1.165, 1.54) is 18.4 Å². The normalized spacial score (nSPS) is 28.6. The first-order valence-corrected chi connectivity index (χ1v) is 6.89. The molecule has 18 heavy (non-hydrogen) atoms. The van der Waals surface area contributed by atoms with E-state index in [4.69, 9.17) is 0 Å². The van der Waals surface area contributed by atoms with E-state index in [2.05, 4.69) is 40.5 Å². The molecule has 1 aromatic rings. The van der Waals surface area contributed by atoms with Crippen molar-refractivity contribution >= 4 is 5.91 Å². The monoisotopic (exact) mass is 244 g/mol. The molecule has 0 radical (unpaired) electrons. The molecule has 96 valence electrons. The Morgan fingerprint density at radius 3 is 2.78 bits per heavy atom. The number of hydrogen-bond donors (Lipinski definition) is 1. The minimum Gasteiger partial charge on any atom is -0.354 e. The first-order valence-electron chi connectivity index (χ1n) is 6.89. The number of nitrogens with zero attached hydrogens (tertiary/aromatic N) is 1. The topological polar surface area (TPSA) is 32.3 Å². The molecule has 3 nitrogen and oxygen atoms in total. The Balaban J connectivity index is 1.79. The Morgan fingerprint density at radius 2 is 1.94 bits per heavy atom. The number of benzene rings is 1. The average molecular weight is 244 g/mol. The van der Waals surface area contributed by atoms with Crippen molar-refractivity contribution in [3.05, 3.63) is 35.9 Å². The average Bonchev–Trinajstić information content (AvgIpc) is 2.48. The van der Waals surface area contributed by atoms with Gasteiger partial charge in [-0.3, -0.25) is 9.69 Å². The quantitative estimate of drug-likeness (QED) is 0.862. The summed E-state index contributed by atoms with van der Waals surface area (Å²) in [4.78, 5) is 14.2. The third-order valence-electron chi connectivity index (χ3n) is 4.18. The second-order valence-corrected chi connectivity index (χ2v) is 5.40. The fourth-order valence-corrected chi connectivity index (χ4v) is 3.23. The van der Waals surface area contributed by atoms with Gasteiger partial charge in [-0.1, -0.05) is 36.8 Å². The van der Waals surface area contributed by atoms with Crippen molar-refractivity contribution in [2.24, 2.45) is 0 Å². The van der Waals surface area contributed by atoms with E-state index in [1.807, 2.05) is 0 Å². The highest BCUT2D eigenvalue weighted by Crippen LogP contribution is 2.28. The molecule has 0 spiro atoms. The SMILES string of the molecule is O=C1C[C@H]2CCC[C@H](CN1)N2Cc1ccccc1. The molecule has 0 aromatic heterocycles. The Labute approximate surface area is 108 Å². The zero-order valence-electron chi connectivity index (χ0n) is 10.6. The third-order valence-corrected chi connectivity index (χ3v) is 4.18. The molecule has 0 saturated carbocycles. The standard InChI is InChI=1S/C15H20N2O/c18-15-9-13-7-4-8-14(10-16-15)17(13)11-12-5-2-1-3-6-12/h1-3,5-6,13-14H,4,7-11H2,(H,16,18)/t13-,14-/m1/s1. The van der Waals surface area contributed by atoms with Gasteiger partial charge in [-0.05, 0) is 18.4 Å². The molecule has 1 N–H and O–H groups in total. The molecule has 2 bridgehead atoms. The van der Waals surface area contributed by atoms with Crippen LogP contribution in [0, 0.1) is 0 Å². The molecule has 2 aliphatic rings. The van der Waals surface area contributed by atoms with Crippen LogP contribution >= 0.6 is 0 Å². The molecule has 2 atom stereocenters. The van der Waals surface area contributed by atoms with Crippen LogP contribution in [0.4, 0.5) is 0 Å². The van der Waals surface area contributed by atoms with Gasteiger partial charge in [-0.2, -0.15) is 0 Å². The van der Waals surface area contributed by atoms with Crippen LogP contribution in [-0.2, 0) is 11.3 Å². The molecule has 2 saturated heterocycles. The summed E-state index contributed by atoms with van der Waals surface area (Å²) in [6.07, 6.45) is 4.30. The van der Waals surface area contributed by atoms with Gasteiger partial charge in [0.15, 0.2) is 0 Å². The fraction of sp³-hybridized carbons (Fsp3) is 0.533. The molecular formula is C15H20N2O. The Bertz CT molecular complexity index is 418. The number of carbonyl (C=O) groups excluding carboxylic acids is 1. The van der Waals surface area contributed by atoms with Crippen molar-refractivity contribution in [1.29, 1.82) is 0 Å². The van der Waals surface area contributed by atoms with Gasteiger partial charge in [-0.25, -0.2) is 0 Å². The molecule has 1 amide bonds. The molecule has 1 aromatic carbocycles. The highest BCUT2D eigenvalue weighted by atomic mass is 16.1. The van der Waals surface area contributed by atoms with Gasteiger partial charge in [0.1, 0.15) is 0 Å². The van der Waals surface area contributed by atoms with E-state index in [0.717, 1.165) is 19.5 Å². The van der Waals surface area contributed by atoms with Crippen molar-refractivity contribution in [2.75, 3.05) is 6.54 Å². The van der Waals surface area contributed by atoms with Crippen LogP contribution in [0.3, 0.4) is 0 Å². The zero-order chi connectivity index (χ0) is 12.4. The predicted molar refractivity (Wildman–Crippen MR) is 71.0 cm³/mol. The van der Waals surface area contributed by atoms with E-state index in [0.29, 0.717) is 18.5 Å². The Morgan fingerprint density at radius 1 is 1.17 bits per heavy atom. The summed E-state index contributed by atoms with van der Waals surface area (Å²) < 4.78 is 0. The maximum absolute atomic E-state index is 11.7. The van der Waals surface area contributed by atoms with Crippen LogP contribution in [0.5, 0.6) is 0 Å².